The van der Waals surface area contributed by atoms with E-state index in [9.17, 15) is 9.59 Å². The Kier molecular flexibility index (Phi) is 6.08. The summed E-state index contributed by atoms with van der Waals surface area (Å²) in [5.41, 5.74) is 3.81. The number of hydrogen-bond acceptors (Lipinski definition) is 2. The highest BCUT2D eigenvalue weighted by Gasteiger charge is 2.36. The van der Waals surface area contributed by atoms with E-state index in [0.29, 0.717) is 22.3 Å². The molecule has 0 aliphatic carbocycles. The Morgan fingerprint density at radius 2 is 1.78 bits per heavy atom. The lowest BCUT2D eigenvalue weighted by Gasteiger charge is -2.23. The van der Waals surface area contributed by atoms with E-state index in [1.807, 2.05) is 18.2 Å². The third-order valence-electron chi connectivity index (χ3n) is 4.92. The molecule has 27 heavy (non-hydrogen) atoms. The first kappa shape index (κ1) is 19.7. The van der Waals surface area contributed by atoms with Crippen LogP contribution in [0.5, 0.6) is 0 Å². The van der Waals surface area contributed by atoms with Gasteiger partial charge >= 0.3 is 0 Å². The number of nitrogens with one attached hydrogen (secondary N) is 1. The quantitative estimate of drug-likeness (QED) is 0.752. The molecule has 0 unspecified atom stereocenters. The van der Waals surface area contributed by atoms with Gasteiger partial charge in [-0.2, -0.15) is 0 Å². The van der Waals surface area contributed by atoms with Gasteiger partial charge in [0.1, 0.15) is 0 Å². The Hall–Kier alpha value is -2.04. The van der Waals surface area contributed by atoms with Crippen molar-refractivity contribution in [2.75, 3.05) is 16.8 Å². The average Bonchev–Trinajstić information content (AvgIpc) is 3.05. The van der Waals surface area contributed by atoms with Gasteiger partial charge in [-0.25, -0.2) is 0 Å². The van der Waals surface area contributed by atoms with Crippen LogP contribution in [0.1, 0.15) is 31.4 Å². The van der Waals surface area contributed by atoms with E-state index in [0.717, 1.165) is 29.7 Å². The van der Waals surface area contributed by atoms with E-state index in [1.54, 1.807) is 23.1 Å². The first-order valence-electron chi connectivity index (χ1n) is 9.11. The maximum atomic E-state index is 12.7. The number of hydrogen-bond donors (Lipinski definition) is 1. The Balaban J connectivity index is 1.79. The number of para-hydroxylation sites is 1. The van der Waals surface area contributed by atoms with Crippen LogP contribution in [0, 0.1) is 5.92 Å². The van der Waals surface area contributed by atoms with Gasteiger partial charge in [-0.05, 0) is 42.2 Å². The van der Waals surface area contributed by atoms with Crippen molar-refractivity contribution in [3.05, 3.63) is 57.6 Å². The van der Waals surface area contributed by atoms with Gasteiger partial charge in [-0.3, -0.25) is 9.59 Å². The minimum Gasteiger partial charge on any atom is -0.326 e. The number of carbonyl (C=O) groups excluding carboxylic acids is 2. The topological polar surface area (TPSA) is 49.4 Å². The van der Waals surface area contributed by atoms with Gasteiger partial charge in [0.15, 0.2) is 0 Å². The molecule has 2 aromatic carbocycles. The second-order valence-electron chi connectivity index (χ2n) is 6.66. The van der Waals surface area contributed by atoms with Gasteiger partial charge in [-0.1, -0.05) is 55.2 Å². The summed E-state index contributed by atoms with van der Waals surface area (Å²) in [6, 6.07) is 11.1. The Bertz CT molecular complexity index is 860. The Morgan fingerprint density at radius 1 is 1.11 bits per heavy atom. The van der Waals surface area contributed by atoms with Gasteiger partial charge in [0.2, 0.25) is 11.8 Å². The highest BCUT2D eigenvalue weighted by molar-refractivity contribution is 6.42. The Morgan fingerprint density at radius 3 is 2.37 bits per heavy atom. The van der Waals surface area contributed by atoms with E-state index in [-0.39, 0.29) is 18.2 Å². The number of amides is 2. The molecule has 0 radical (unpaired) electrons. The summed E-state index contributed by atoms with van der Waals surface area (Å²) in [6.07, 6.45) is 1.88. The largest absolute Gasteiger partial charge is 0.326 e. The van der Waals surface area contributed by atoms with Crippen LogP contribution in [-0.2, 0) is 22.4 Å². The van der Waals surface area contributed by atoms with Crippen molar-refractivity contribution in [2.45, 2.75) is 33.1 Å². The average molecular weight is 405 g/mol. The van der Waals surface area contributed by atoms with Crippen LogP contribution in [0.25, 0.3) is 0 Å². The number of carbonyl (C=O) groups is 2. The molecule has 1 aliphatic heterocycles. The third-order valence-corrected chi connectivity index (χ3v) is 5.66. The third kappa shape index (κ3) is 4.12. The molecule has 2 aromatic rings. The molecule has 4 nitrogen and oxygen atoms in total. The van der Waals surface area contributed by atoms with Crippen LogP contribution >= 0.6 is 23.2 Å². The highest BCUT2D eigenvalue weighted by Crippen LogP contribution is 2.33. The molecule has 142 valence electrons. The number of nitrogens with zero attached hydrogens (tertiary/aromatic N) is 1. The van der Waals surface area contributed by atoms with Crippen molar-refractivity contribution >= 4 is 46.4 Å². The van der Waals surface area contributed by atoms with Crippen molar-refractivity contribution in [2.24, 2.45) is 5.92 Å². The van der Waals surface area contributed by atoms with E-state index < -0.39 is 5.92 Å². The van der Waals surface area contributed by atoms with Crippen molar-refractivity contribution in [3.63, 3.8) is 0 Å². The second-order valence-corrected chi connectivity index (χ2v) is 7.47. The molecule has 2 amide bonds. The molecule has 0 saturated carbocycles. The Labute approximate surface area is 169 Å². The van der Waals surface area contributed by atoms with Crippen molar-refractivity contribution < 1.29 is 9.59 Å². The lowest BCUT2D eigenvalue weighted by Crippen LogP contribution is -2.29. The van der Waals surface area contributed by atoms with Crippen LogP contribution in [0.3, 0.4) is 0 Å². The summed E-state index contributed by atoms with van der Waals surface area (Å²) in [5, 5.41) is 3.65. The van der Waals surface area contributed by atoms with E-state index in [2.05, 4.69) is 19.2 Å². The normalized spacial score (nSPS) is 16.7. The molecule has 0 bridgehead atoms. The van der Waals surface area contributed by atoms with Crippen LogP contribution < -0.4 is 10.2 Å². The monoisotopic (exact) mass is 404 g/mol. The number of aryl methyl sites for hydroxylation is 2. The first-order chi connectivity index (χ1) is 12.9. The van der Waals surface area contributed by atoms with E-state index >= 15 is 0 Å². The number of anilines is 2. The van der Waals surface area contributed by atoms with Gasteiger partial charge in [0, 0.05) is 24.3 Å². The van der Waals surface area contributed by atoms with Gasteiger partial charge in [0.05, 0.1) is 16.0 Å². The van der Waals surface area contributed by atoms with Crippen LogP contribution in [0.2, 0.25) is 10.0 Å². The summed E-state index contributed by atoms with van der Waals surface area (Å²) in [6.45, 7) is 4.54. The van der Waals surface area contributed by atoms with Crippen LogP contribution in [0.15, 0.2) is 36.4 Å². The molecule has 6 heteroatoms. The number of halogens is 2. The zero-order valence-electron chi connectivity index (χ0n) is 15.4. The zero-order valence-corrected chi connectivity index (χ0v) is 16.9. The van der Waals surface area contributed by atoms with Crippen molar-refractivity contribution in [1.29, 1.82) is 0 Å². The molecule has 3 rings (SSSR count). The van der Waals surface area contributed by atoms with Crippen molar-refractivity contribution in [1.82, 2.24) is 0 Å². The predicted molar refractivity (Wildman–Crippen MR) is 111 cm³/mol. The minimum absolute atomic E-state index is 0.0140. The van der Waals surface area contributed by atoms with E-state index in [1.165, 1.54) is 0 Å². The molecule has 0 aromatic heterocycles. The maximum absolute atomic E-state index is 12.7. The van der Waals surface area contributed by atoms with Crippen LogP contribution in [-0.4, -0.2) is 18.4 Å². The summed E-state index contributed by atoms with van der Waals surface area (Å²) in [4.78, 5) is 27.1. The van der Waals surface area contributed by atoms with E-state index in [4.69, 9.17) is 23.2 Å². The zero-order chi connectivity index (χ0) is 19.6. The number of benzene rings is 2. The lowest BCUT2D eigenvalue weighted by atomic mass is 10.0. The predicted octanol–water partition coefficient (Wildman–Crippen LogP) is 5.11. The fourth-order valence-electron chi connectivity index (χ4n) is 3.48. The molecule has 1 N–H and O–H groups in total. The molecule has 1 fully saturated rings. The fraction of sp³-hybridized carbons (Fsp3) is 0.333. The number of rotatable bonds is 5. The molecule has 0 spiro atoms. The van der Waals surface area contributed by atoms with Crippen LogP contribution in [0.4, 0.5) is 11.4 Å². The second kappa shape index (κ2) is 8.32. The molecule has 1 aliphatic rings. The SMILES string of the molecule is CCc1cccc(CC)c1N1C[C@H](C(=O)Nc2ccc(Cl)c(Cl)c2)CC1=O. The smallest absolute Gasteiger partial charge is 0.229 e. The molecular weight excluding hydrogens is 383 g/mol. The summed E-state index contributed by atoms with van der Waals surface area (Å²) in [5.74, 6) is -0.599. The van der Waals surface area contributed by atoms with Gasteiger partial charge in [0.25, 0.3) is 0 Å². The molecular formula is C21H22Cl2N2O2. The standard InChI is InChI=1S/C21H22Cl2N2O2/c1-3-13-6-5-7-14(4-2)20(13)25-12-15(10-19(25)26)21(27)24-16-8-9-17(22)18(23)11-16/h5-9,11,15H,3-4,10,12H2,1-2H3,(H,24,27)/t15-/m1/s1. The summed E-state index contributed by atoms with van der Waals surface area (Å²) < 4.78 is 0. The lowest BCUT2D eigenvalue weighted by molar-refractivity contribution is -0.122. The molecule has 1 atom stereocenters. The summed E-state index contributed by atoms with van der Waals surface area (Å²) in [7, 11) is 0. The minimum atomic E-state index is -0.401. The van der Waals surface area contributed by atoms with Gasteiger partial charge in [-0.15, -0.1) is 0 Å². The highest BCUT2D eigenvalue weighted by atomic mass is 35.5. The molecule has 1 heterocycles. The maximum Gasteiger partial charge on any atom is 0.229 e. The first-order valence-corrected chi connectivity index (χ1v) is 9.87. The molecule has 1 saturated heterocycles. The summed E-state index contributed by atoms with van der Waals surface area (Å²) >= 11 is 11.9. The fourth-order valence-corrected chi connectivity index (χ4v) is 3.78. The van der Waals surface area contributed by atoms with Gasteiger partial charge < -0.3 is 10.2 Å². The van der Waals surface area contributed by atoms with Crippen molar-refractivity contribution in [3.8, 4) is 0 Å².